The summed E-state index contributed by atoms with van der Waals surface area (Å²) in [6.07, 6.45) is -47.4. The zero-order chi connectivity index (χ0) is 67.7. The lowest BCUT2D eigenvalue weighted by Crippen LogP contribution is -2.71. The van der Waals surface area contributed by atoms with E-state index in [1.54, 1.807) is 30.3 Å². The van der Waals surface area contributed by atoms with Crippen molar-refractivity contribution in [2.45, 2.75) is 162 Å². The smallest absolute Gasteiger partial charge is 0.220 e. The second kappa shape index (κ2) is 32.1. The van der Waals surface area contributed by atoms with Crippen LogP contribution in [0.2, 0.25) is 0 Å². The van der Waals surface area contributed by atoms with Crippen LogP contribution in [0, 0.1) is 0 Å². The fourth-order valence-corrected chi connectivity index (χ4v) is 11.6. The second-order valence-electron chi connectivity index (χ2n) is 20.0. The average Bonchev–Trinajstić information content (AvgIpc) is 0.806. The molecule has 21 atom stereocenters. The molecule has 91 heavy (non-hydrogen) atoms. The predicted molar refractivity (Wildman–Crippen MR) is 273 cm³/mol. The maximum atomic E-state index is 13.9. The summed E-state index contributed by atoms with van der Waals surface area (Å²) < 4.78 is 230. The molecule has 0 aromatic heterocycles. The van der Waals surface area contributed by atoms with Crippen molar-refractivity contribution in [2.24, 2.45) is 0 Å². The van der Waals surface area contributed by atoms with E-state index in [2.05, 4.69) is 26.3 Å². The third-order valence-electron chi connectivity index (χ3n) is 13.9. The van der Waals surface area contributed by atoms with E-state index in [0.29, 0.717) is 5.56 Å². The molecule has 0 radical (unpaired) electrons. The predicted octanol–water partition coefficient (Wildman–Crippen LogP) is -9.06. The van der Waals surface area contributed by atoms with Gasteiger partial charge < -0.3 is 106 Å². The van der Waals surface area contributed by atoms with Gasteiger partial charge in [0.25, 0.3) is 0 Å². The van der Waals surface area contributed by atoms with Gasteiger partial charge in [-0.25, -0.2) is 42.2 Å². The number of ether oxygens (including phenoxy) is 8. The number of ketones is 2. The molecule has 0 saturated carbocycles. The number of hydrogen-bond acceptors (Lipinski definition) is 39. The van der Waals surface area contributed by atoms with Crippen molar-refractivity contribution in [1.82, 2.24) is 10.8 Å². The first-order chi connectivity index (χ1) is 42.4. The molecule has 0 bridgehead atoms. The van der Waals surface area contributed by atoms with E-state index < -0.39 is 219 Å². The van der Waals surface area contributed by atoms with Crippen molar-refractivity contribution in [2.75, 3.05) is 20.3 Å². The highest BCUT2D eigenvalue weighted by molar-refractivity contribution is 7.81. The van der Waals surface area contributed by atoms with Crippen LogP contribution >= 0.6 is 0 Å². The molecule has 4 saturated heterocycles. The Bertz CT molecular complexity index is 3330. The van der Waals surface area contributed by atoms with E-state index in [-0.39, 0.29) is 42.6 Å². The fourth-order valence-electron chi connectivity index (χ4n) is 9.82. The number of aliphatic carboxylic acids is 2. The maximum absolute atomic E-state index is 13.9. The lowest BCUT2D eigenvalue weighted by Gasteiger charge is -2.51. The van der Waals surface area contributed by atoms with E-state index in [4.69, 9.17) is 37.9 Å². The summed E-state index contributed by atoms with van der Waals surface area (Å²) in [5.74, 6) is -6.66. The molecular weight excluding hydrogens is 1350 g/mol. The number of carbonyl (C=O) groups is 5. The zero-order valence-electron chi connectivity index (χ0n) is 46.4. The Balaban J connectivity index is 1.33. The van der Waals surface area contributed by atoms with Crippen LogP contribution in [0.5, 0.6) is 0 Å². The number of benzene rings is 2. The van der Waals surface area contributed by atoms with Gasteiger partial charge in [0.1, 0.15) is 90.7 Å². The monoisotopic (exact) mass is 1400 g/mol. The SMILES string of the molecule is CO[C@H]1C(C(=O)[O-])O[C@@H](O[C@H]2C(COS(=O)(=O)[O-])O[C@@H](O[C@H]3C(C(=O)[O-])O[C@@H](O[C@H]4C(COS(=O)(=O)[O-])O[C@@H](C)[C@H](NOS(=O)[O-])C4O)C(OS(=O)(=O)[O-])[C@@H]3O)[C@H](NC(=O)CCCCCC(=O)c3ccc(C(=O)c4ccccc4)cc3)C2O)C(OS(=O)(=O)[O-])[C@@H]1O. The van der Waals surface area contributed by atoms with Gasteiger partial charge in [0.15, 0.2) is 42.6 Å². The molecule has 0 spiro atoms. The Kier molecular flexibility index (Phi) is 26.5. The van der Waals surface area contributed by atoms with Gasteiger partial charge in [-0.15, -0.1) is 0 Å². The number of aliphatic hydroxyl groups excluding tert-OH is 4. The summed E-state index contributed by atoms with van der Waals surface area (Å²) in [6.45, 7) is -2.07. The number of carbonyl (C=O) groups excluding carboxylic acids is 5. The number of carboxylic acids is 2. The minimum Gasteiger partial charge on any atom is -0.748 e. The Morgan fingerprint density at radius 2 is 1.00 bits per heavy atom. The van der Waals surface area contributed by atoms with Crippen LogP contribution < -0.4 is 21.0 Å². The number of hydrogen-bond donors (Lipinski definition) is 6. The van der Waals surface area contributed by atoms with E-state index in [0.717, 1.165) is 14.0 Å². The number of hydroxylamine groups is 1. The number of Topliss-reactive ketones (excluding diaryl/α,β-unsaturated/α-hetero) is 1. The maximum Gasteiger partial charge on any atom is 0.220 e. The lowest BCUT2D eigenvalue weighted by atomic mass is 9.93. The topological polar surface area (TPSA) is 625 Å². The number of methoxy groups -OCH3 is 1. The summed E-state index contributed by atoms with van der Waals surface area (Å²) in [7, 11) is -23.1. The van der Waals surface area contributed by atoms with Crippen LogP contribution in [-0.4, -0.2) is 253 Å². The molecule has 9 unspecified atom stereocenters. The van der Waals surface area contributed by atoms with Crippen LogP contribution in [0.15, 0.2) is 54.6 Å². The molecular formula is C46H55N2O38S5-7. The minimum atomic E-state index is -6.24. The number of nitrogens with one attached hydrogen (secondary N) is 2. The largest absolute Gasteiger partial charge is 0.748 e. The van der Waals surface area contributed by atoms with Gasteiger partial charge in [0.05, 0.1) is 37.3 Å². The molecule has 4 fully saturated rings. The number of rotatable bonds is 32. The summed E-state index contributed by atoms with van der Waals surface area (Å²) in [5.41, 5.74) is 2.71. The van der Waals surface area contributed by atoms with Crippen LogP contribution in [0.25, 0.3) is 0 Å². The summed E-state index contributed by atoms with van der Waals surface area (Å²) in [4.78, 5) is 65.1. The molecule has 6 N–H and O–H groups in total. The lowest BCUT2D eigenvalue weighted by molar-refractivity contribution is -0.384. The molecule has 514 valence electrons. The number of carboxylic acid groups (broad SMARTS) is 2. The Morgan fingerprint density at radius 3 is 1.48 bits per heavy atom. The van der Waals surface area contributed by atoms with E-state index in [9.17, 15) is 115 Å². The first kappa shape index (κ1) is 75.3. The Morgan fingerprint density at radius 1 is 0.549 bits per heavy atom. The number of aliphatic hydroxyl groups is 4. The van der Waals surface area contributed by atoms with Gasteiger partial charge in [0.2, 0.25) is 47.5 Å². The highest BCUT2D eigenvalue weighted by Crippen LogP contribution is 2.37. The van der Waals surface area contributed by atoms with Crippen LogP contribution in [0.4, 0.5) is 0 Å². The molecule has 2 aromatic carbocycles. The molecule has 2 aromatic rings. The molecule has 45 heteroatoms. The van der Waals surface area contributed by atoms with Crippen molar-refractivity contribution in [3.05, 3.63) is 71.3 Å². The summed E-state index contributed by atoms with van der Waals surface area (Å²) in [5, 5.41) is 73.9. The van der Waals surface area contributed by atoms with Gasteiger partial charge in [-0.1, -0.05) is 61.0 Å². The standard InChI is InChI=1S/C46H62N2O38S5/c1-19-27(48-86-87(60)61)30(52)34(24(77-19)17-75-88(62,63)64)79-46-39(85-91(71,72)73)33(55)37(41(83-46)43(58)59)81-44-28(47-26(50)12-8-4-7-11-23(49)20-13-15-22(16-14-20)29(51)21-9-5-3-6-10-21)31(53)35(25(78-44)18-76-89(65,66)67)80-45-38(84-90(68,69)70)32(54)36(74-2)40(82-45)42(56)57/h3,5-6,9-10,13-16,19,24-25,27-28,30-41,44-46,48,52-55H,4,7-8,11-12,17-18H2,1-2H3,(H,47,50)(H,56,57)(H,58,59)(H,60,61)(H,62,63,64)(H,65,66,67)(H,68,69,70)(H,71,72,73)/p-7/t19-,24?,25?,27-,28+,30?,31?,32+,33+,34-,35-,36+,37+,38?,39?,40?,41?,44-,45+,46+/m0/s1. The van der Waals surface area contributed by atoms with Gasteiger partial charge in [-0.2, -0.15) is 5.48 Å². The van der Waals surface area contributed by atoms with Crippen molar-refractivity contribution in [1.29, 1.82) is 0 Å². The third-order valence-corrected chi connectivity index (χ3v) is 15.9. The molecule has 6 rings (SSSR count). The zero-order valence-corrected chi connectivity index (χ0v) is 50.5. The van der Waals surface area contributed by atoms with Gasteiger partial charge in [-0.05, 0) is 19.8 Å². The molecule has 40 nitrogen and oxygen atoms in total. The van der Waals surface area contributed by atoms with Crippen LogP contribution in [-0.2, 0) is 126 Å². The van der Waals surface area contributed by atoms with Gasteiger partial charge in [0, 0.05) is 36.6 Å². The number of unbranched alkanes of at least 4 members (excludes halogenated alkanes) is 2. The normalized spacial score (nSPS) is 32.9. The first-order valence-electron chi connectivity index (χ1n) is 26.1. The molecule has 1 amide bonds. The van der Waals surface area contributed by atoms with Crippen molar-refractivity contribution >= 4 is 82.4 Å². The van der Waals surface area contributed by atoms with Crippen molar-refractivity contribution in [3.8, 4) is 0 Å². The highest BCUT2D eigenvalue weighted by atomic mass is 32.3. The van der Waals surface area contributed by atoms with E-state index in [1.165, 1.54) is 24.3 Å². The number of amides is 1. The molecule has 4 aliphatic heterocycles. The van der Waals surface area contributed by atoms with Crippen molar-refractivity contribution < 1.29 is 174 Å². The summed E-state index contributed by atoms with van der Waals surface area (Å²) in [6, 6.07) is 9.67. The fraction of sp³-hybridized carbons (Fsp3) is 0.630. The van der Waals surface area contributed by atoms with Crippen molar-refractivity contribution in [3.63, 3.8) is 0 Å². The Hall–Kier alpha value is -4.78. The first-order valence-corrected chi connectivity index (χ1v) is 32.5. The second-order valence-corrected chi connectivity index (χ2v) is 24.7. The quantitative estimate of drug-likeness (QED) is 0.00989. The van der Waals surface area contributed by atoms with Gasteiger partial charge >= 0.3 is 0 Å². The third kappa shape index (κ3) is 21.4. The molecule has 4 aliphatic rings. The summed E-state index contributed by atoms with van der Waals surface area (Å²) >= 11 is -3.40. The van der Waals surface area contributed by atoms with Gasteiger partial charge in [-0.3, -0.25) is 31.1 Å². The molecule has 4 heterocycles. The Labute approximate surface area is 518 Å². The van der Waals surface area contributed by atoms with Crippen LogP contribution in [0.1, 0.15) is 65.3 Å². The van der Waals surface area contributed by atoms with E-state index in [1.807, 2.05) is 5.48 Å². The van der Waals surface area contributed by atoms with E-state index >= 15 is 0 Å². The molecule has 0 aliphatic carbocycles. The highest BCUT2D eigenvalue weighted by Gasteiger charge is 2.58. The van der Waals surface area contributed by atoms with Crippen LogP contribution in [0.3, 0.4) is 0 Å². The average molecular weight is 1400 g/mol. The minimum absolute atomic E-state index is 0.0718.